The number of aromatic nitrogens is 3. The summed E-state index contributed by atoms with van der Waals surface area (Å²) >= 11 is 1.45. The van der Waals surface area contributed by atoms with Crippen molar-refractivity contribution in [2.45, 2.75) is 6.92 Å². The molecule has 0 fully saturated rings. The van der Waals surface area contributed by atoms with Crippen LogP contribution >= 0.6 is 11.3 Å². The molecule has 0 spiro atoms. The fourth-order valence-corrected chi connectivity index (χ4v) is 3.84. The Morgan fingerprint density at radius 3 is 2.85 bits per heavy atom. The smallest absolute Gasteiger partial charge is 0.345 e. The number of benzene rings is 2. The minimum absolute atomic E-state index is 0.379. The SMILES string of the molecule is Cc1cccc(-c2nc3scc(-c4cc5ccccc5oc4=O)n3n2)c1. The van der Waals surface area contributed by atoms with E-state index in [2.05, 4.69) is 10.1 Å². The van der Waals surface area contributed by atoms with Gasteiger partial charge in [-0.3, -0.25) is 0 Å². The standard InChI is InChI=1S/C20H13N3O2S/c1-12-5-4-7-14(9-12)18-21-20-23(22-18)16(11-26-20)15-10-13-6-2-3-8-17(13)25-19(15)24/h2-11H,1H3. The van der Waals surface area contributed by atoms with E-state index in [9.17, 15) is 4.79 Å². The maximum Gasteiger partial charge on any atom is 0.345 e. The van der Waals surface area contributed by atoms with Crippen molar-refractivity contribution in [3.8, 4) is 22.6 Å². The van der Waals surface area contributed by atoms with Crippen molar-refractivity contribution in [2.24, 2.45) is 0 Å². The van der Waals surface area contributed by atoms with E-state index in [4.69, 9.17) is 4.42 Å². The molecule has 2 aromatic carbocycles. The molecule has 0 unspecified atom stereocenters. The second-order valence-electron chi connectivity index (χ2n) is 6.11. The Morgan fingerprint density at radius 1 is 1.08 bits per heavy atom. The van der Waals surface area contributed by atoms with Crippen LogP contribution in [0.5, 0.6) is 0 Å². The van der Waals surface area contributed by atoms with Crippen LogP contribution in [-0.4, -0.2) is 14.6 Å². The molecule has 3 heterocycles. The van der Waals surface area contributed by atoms with Gasteiger partial charge in [0.15, 0.2) is 5.82 Å². The van der Waals surface area contributed by atoms with Gasteiger partial charge in [0.2, 0.25) is 4.96 Å². The zero-order valence-electron chi connectivity index (χ0n) is 13.8. The molecule has 5 nitrogen and oxygen atoms in total. The Morgan fingerprint density at radius 2 is 1.96 bits per heavy atom. The summed E-state index contributed by atoms with van der Waals surface area (Å²) in [6.07, 6.45) is 0. The van der Waals surface area contributed by atoms with Gasteiger partial charge < -0.3 is 4.42 Å². The number of aryl methyl sites for hydroxylation is 1. The summed E-state index contributed by atoms with van der Waals surface area (Å²) in [7, 11) is 0. The highest BCUT2D eigenvalue weighted by atomic mass is 32.1. The fraction of sp³-hybridized carbons (Fsp3) is 0.0500. The van der Waals surface area contributed by atoms with Gasteiger partial charge in [0.25, 0.3) is 0 Å². The zero-order valence-corrected chi connectivity index (χ0v) is 14.7. The number of para-hydroxylation sites is 1. The normalized spacial score (nSPS) is 11.4. The van der Waals surface area contributed by atoms with E-state index in [1.807, 2.05) is 60.8 Å². The summed E-state index contributed by atoms with van der Waals surface area (Å²) in [4.78, 5) is 17.8. The third-order valence-corrected chi connectivity index (χ3v) is 5.09. The predicted octanol–water partition coefficient (Wildman–Crippen LogP) is 4.54. The monoisotopic (exact) mass is 359 g/mol. The Kier molecular flexibility index (Phi) is 3.26. The molecule has 5 aromatic rings. The molecule has 0 saturated heterocycles. The highest BCUT2D eigenvalue weighted by Gasteiger charge is 2.16. The van der Waals surface area contributed by atoms with Crippen LogP contribution in [0.1, 0.15) is 5.56 Å². The van der Waals surface area contributed by atoms with Gasteiger partial charge in [-0.1, -0.05) is 42.0 Å². The molecule has 0 saturated carbocycles. The summed E-state index contributed by atoms with van der Waals surface area (Å²) in [5, 5.41) is 7.38. The average Bonchev–Trinajstić information content (AvgIpc) is 3.22. The van der Waals surface area contributed by atoms with Crippen molar-refractivity contribution in [3.63, 3.8) is 0 Å². The largest absolute Gasteiger partial charge is 0.422 e. The Hall–Kier alpha value is -3.25. The lowest BCUT2D eigenvalue weighted by Gasteiger charge is -2.01. The number of hydrogen-bond donors (Lipinski definition) is 0. The Balaban J connectivity index is 1.71. The molecule has 6 heteroatoms. The van der Waals surface area contributed by atoms with Gasteiger partial charge in [0, 0.05) is 16.3 Å². The lowest BCUT2D eigenvalue weighted by molar-refractivity contribution is 0.563. The third-order valence-electron chi connectivity index (χ3n) is 4.28. The molecule has 126 valence electrons. The quantitative estimate of drug-likeness (QED) is 0.434. The maximum atomic E-state index is 12.5. The van der Waals surface area contributed by atoms with E-state index in [0.717, 1.165) is 21.5 Å². The summed E-state index contributed by atoms with van der Waals surface area (Å²) in [6.45, 7) is 2.04. The van der Waals surface area contributed by atoms with Crippen LogP contribution in [0.4, 0.5) is 0 Å². The first-order valence-electron chi connectivity index (χ1n) is 8.13. The van der Waals surface area contributed by atoms with Crippen LogP contribution in [-0.2, 0) is 0 Å². The highest BCUT2D eigenvalue weighted by molar-refractivity contribution is 7.15. The number of hydrogen-bond acceptors (Lipinski definition) is 5. The molecule has 0 aliphatic heterocycles. The molecule has 0 atom stereocenters. The van der Waals surface area contributed by atoms with Crippen LogP contribution in [0.2, 0.25) is 0 Å². The number of nitrogens with zero attached hydrogens (tertiary/aromatic N) is 3. The Bertz CT molecular complexity index is 1330. The Labute approximate surface area is 152 Å². The summed E-state index contributed by atoms with van der Waals surface area (Å²) in [5.74, 6) is 0.645. The molecule has 3 aromatic heterocycles. The lowest BCUT2D eigenvalue weighted by Crippen LogP contribution is -2.04. The van der Waals surface area contributed by atoms with Gasteiger partial charge in [0.05, 0.1) is 11.3 Å². The van der Waals surface area contributed by atoms with Crippen LogP contribution in [0, 0.1) is 6.92 Å². The van der Waals surface area contributed by atoms with Crippen LogP contribution in [0.25, 0.3) is 38.6 Å². The first kappa shape index (κ1) is 15.0. The van der Waals surface area contributed by atoms with Crippen molar-refractivity contribution < 1.29 is 4.42 Å². The first-order chi connectivity index (χ1) is 12.7. The van der Waals surface area contributed by atoms with Crippen molar-refractivity contribution in [3.05, 3.63) is 76.0 Å². The second kappa shape index (κ2) is 5.64. The lowest BCUT2D eigenvalue weighted by atomic mass is 10.1. The van der Waals surface area contributed by atoms with E-state index in [1.165, 1.54) is 11.3 Å². The molecule has 0 radical (unpaired) electrons. The minimum atomic E-state index is -0.379. The predicted molar refractivity (Wildman–Crippen MR) is 103 cm³/mol. The molecular formula is C20H13N3O2S. The summed E-state index contributed by atoms with van der Waals surface area (Å²) < 4.78 is 7.17. The van der Waals surface area contributed by atoms with Gasteiger partial charge in [-0.05, 0) is 25.1 Å². The first-order valence-corrected chi connectivity index (χ1v) is 9.01. The number of rotatable bonds is 2. The van der Waals surface area contributed by atoms with Crippen molar-refractivity contribution in [1.82, 2.24) is 14.6 Å². The molecule has 26 heavy (non-hydrogen) atoms. The van der Waals surface area contributed by atoms with E-state index in [1.54, 1.807) is 10.6 Å². The average molecular weight is 359 g/mol. The van der Waals surface area contributed by atoms with Gasteiger partial charge >= 0.3 is 5.63 Å². The van der Waals surface area contributed by atoms with Crippen molar-refractivity contribution in [2.75, 3.05) is 0 Å². The molecule has 0 bridgehead atoms. The van der Waals surface area contributed by atoms with E-state index < -0.39 is 0 Å². The van der Waals surface area contributed by atoms with Crippen LogP contribution < -0.4 is 5.63 Å². The van der Waals surface area contributed by atoms with Crippen molar-refractivity contribution in [1.29, 1.82) is 0 Å². The highest BCUT2D eigenvalue weighted by Crippen LogP contribution is 2.27. The second-order valence-corrected chi connectivity index (χ2v) is 6.94. The third kappa shape index (κ3) is 2.34. The van der Waals surface area contributed by atoms with Gasteiger partial charge in [-0.2, -0.15) is 4.98 Å². The topological polar surface area (TPSA) is 60.4 Å². The zero-order chi connectivity index (χ0) is 17.7. The van der Waals surface area contributed by atoms with E-state index in [0.29, 0.717) is 22.7 Å². The summed E-state index contributed by atoms with van der Waals surface area (Å²) in [5.41, 5.74) is 3.47. The fourth-order valence-electron chi connectivity index (χ4n) is 3.01. The van der Waals surface area contributed by atoms with E-state index >= 15 is 0 Å². The number of fused-ring (bicyclic) bond motifs is 2. The molecule has 0 N–H and O–H groups in total. The van der Waals surface area contributed by atoms with E-state index in [-0.39, 0.29) is 5.63 Å². The van der Waals surface area contributed by atoms with Crippen molar-refractivity contribution >= 4 is 27.3 Å². The van der Waals surface area contributed by atoms with Gasteiger partial charge in [-0.25, -0.2) is 9.31 Å². The maximum absolute atomic E-state index is 12.5. The molecular weight excluding hydrogens is 346 g/mol. The molecule has 0 aliphatic carbocycles. The number of thiazole rings is 1. The van der Waals surface area contributed by atoms with Crippen LogP contribution in [0.15, 0.2) is 69.2 Å². The van der Waals surface area contributed by atoms with Gasteiger partial charge in [0.1, 0.15) is 5.58 Å². The minimum Gasteiger partial charge on any atom is -0.422 e. The van der Waals surface area contributed by atoms with Gasteiger partial charge in [-0.15, -0.1) is 16.4 Å². The van der Waals surface area contributed by atoms with Crippen LogP contribution in [0.3, 0.4) is 0 Å². The summed E-state index contributed by atoms with van der Waals surface area (Å²) in [6, 6.07) is 17.4. The molecule has 5 rings (SSSR count). The molecule has 0 amide bonds. The molecule has 0 aliphatic rings.